The summed E-state index contributed by atoms with van der Waals surface area (Å²) in [5.74, 6) is 2.02. The molecule has 0 aliphatic carbocycles. The highest BCUT2D eigenvalue weighted by Gasteiger charge is 2.10. The van der Waals surface area contributed by atoms with E-state index in [4.69, 9.17) is 13.9 Å². The summed E-state index contributed by atoms with van der Waals surface area (Å²) in [4.78, 5) is 11.4. The van der Waals surface area contributed by atoms with Crippen LogP contribution >= 0.6 is 0 Å². The molecule has 2 aromatic carbocycles. The van der Waals surface area contributed by atoms with E-state index in [9.17, 15) is 4.79 Å². The van der Waals surface area contributed by atoms with E-state index >= 15 is 0 Å². The quantitative estimate of drug-likeness (QED) is 0.212. The zero-order valence-corrected chi connectivity index (χ0v) is 20.0. The molecule has 4 aromatic rings. The maximum atomic E-state index is 11.4. The number of nitrogens with zero attached hydrogens (tertiary/aromatic N) is 3. The van der Waals surface area contributed by atoms with Crippen molar-refractivity contribution < 1.29 is 13.9 Å². The molecule has 7 heteroatoms. The number of hydrogen-bond acceptors (Lipinski definition) is 6. The smallest absolute Gasteiger partial charge is 0.336 e. The van der Waals surface area contributed by atoms with E-state index in [0.29, 0.717) is 30.5 Å². The molecule has 178 valence electrons. The minimum Gasteiger partial charge on any atom is -0.493 e. The maximum Gasteiger partial charge on any atom is 0.336 e. The van der Waals surface area contributed by atoms with Crippen LogP contribution in [0, 0.1) is 6.92 Å². The first-order valence-electron chi connectivity index (χ1n) is 11.8. The minimum atomic E-state index is -0.358. The first-order valence-corrected chi connectivity index (χ1v) is 11.8. The molecule has 2 aromatic heterocycles. The second kappa shape index (κ2) is 11.0. The third-order valence-electron chi connectivity index (χ3n) is 5.65. The minimum absolute atomic E-state index is 0.358. The van der Waals surface area contributed by atoms with Crippen molar-refractivity contribution in [1.29, 1.82) is 0 Å². The van der Waals surface area contributed by atoms with Crippen LogP contribution in [0.25, 0.3) is 11.0 Å². The average Bonchev–Trinajstić information content (AvgIpc) is 3.27. The van der Waals surface area contributed by atoms with Crippen LogP contribution in [0.2, 0.25) is 0 Å². The van der Waals surface area contributed by atoms with Gasteiger partial charge in [0.1, 0.15) is 29.4 Å². The summed E-state index contributed by atoms with van der Waals surface area (Å²) in [6, 6.07) is 15.0. The lowest BCUT2D eigenvalue weighted by Gasteiger charge is -2.14. The summed E-state index contributed by atoms with van der Waals surface area (Å²) in [5, 5.41) is 9.35. The molecular formula is C27H31N3O4. The normalized spacial score (nSPS) is 11.3. The van der Waals surface area contributed by atoms with Gasteiger partial charge in [-0.05, 0) is 67.5 Å². The van der Waals surface area contributed by atoms with Crippen LogP contribution < -0.4 is 15.1 Å². The standard InChI is InChI=1S/C27H31N3O4/c1-19(2)24-11-7-20(3)15-26(24)33-18-22-17-30(29-28-22)13-5-4-6-14-32-23-10-8-21-9-12-27(31)34-25(21)16-23/h7-12,15-17,19H,4-6,13-14,18H2,1-3H3. The predicted molar refractivity (Wildman–Crippen MR) is 131 cm³/mol. The fourth-order valence-electron chi connectivity index (χ4n) is 3.78. The van der Waals surface area contributed by atoms with Gasteiger partial charge in [-0.1, -0.05) is 31.2 Å². The van der Waals surface area contributed by atoms with Crippen LogP contribution in [0.1, 0.15) is 55.8 Å². The molecular weight excluding hydrogens is 430 g/mol. The fourth-order valence-corrected chi connectivity index (χ4v) is 3.78. The molecule has 0 unspecified atom stereocenters. The van der Waals surface area contributed by atoms with Gasteiger partial charge in [-0.15, -0.1) is 5.10 Å². The molecule has 0 amide bonds. The number of ether oxygens (including phenoxy) is 2. The van der Waals surface area contributed by atoms with Gasteiger partial charge in [0.2, 0.25) is 0 Å². The molecule has 0 fully saturated rings. The Morgan fingerprint density at radius 2 is 1.85 bits per heavy atom. The zero-order chi connectivity index (χ0) is 23.9. The number of unbranched alkanes of at least 4 members (excludes halogenated alkanes) is 2. The summed E-state index contributed by atoms with van der Waals surface area (Å²) in [5.41, 5.74) is 3.39. The van der Waals surface area contributed by atoms with E-state index in [2.05, 4.69) is 49.3 Å². The SMILES string of the molecule is Cc1ccc(C(C)C)c(OCc2cn(CCCCCOc3ccc4ccc(=O)oc4c3)nn2)c1. The monoisotopic (exact) mass is 461 g/mol. The van der Waals surface area contributed by atoms with Crippen molar-refractivity contribution in [3.05, 3.63) is 82.0 Å². The molecule has 4 rings (SSSR count). The van der Waals surface area contributed by atoms with Gasteiger partial charge in [0.25, 0.3) is 0 Å². The van der Waals surface area contributed by atoms with Crippen molar-refractivity contribution >= 4 is 11.0 Å². The number of benzene rings is 2. The second-order valence-electron chi connectivity index (χ2n) is 8.82. The summed E-state index contributed by atoms with van der Waals surface area (Å²) in [6.45, 7) is 8.21. The van der Waals surface area contributed by atoms with Gasteiger partial charge in [-0.3, -0.25) is 4.68 Å². The van der Waals surface area contributed by atoms with Crippen LogP contribution in [0.5, 0.6) is 11.5 Å². The Morgan fingerprint density at radius 1 is 1.00 bits per heavy atom. The van der Waals surface area contributed by atoms with E-state index in [0.717, 1.165) is 42.6 Å². The molecule has 34 heavy (non-hydrogen) atoms. The molecule has 0 saturated heterocycles. The van der Waals surface area contributed by atoms with Gasteiger partial charge < -0.3 is 13.9 Å². The van der Waals surface area contributed by atoms with Crippen LogP contribution in [0.3, 0.4) is 0 Å². The molecule has 7 nitrogen and oxygen atoms in total. The highest BCUT2D eigenvalue weighted by Crippen LogP contribution is 2.28. The molecule has 0 atom stereocenters. The third kappa shape index (κ3) is 6.25. The highest BCUT2D eigenvalue weighted by atomic mass is 16.5. The van der Waals surface area contributed by atoms with Gasteiger partial charge in [-0.2, -0.15) is 0 Å². The van der Waals surface area contributed by atoms with Crippen molar-refractivity contribution in [3.8, 4) is 11.5 Å². The summed E-state index contributed by atoms with van der Waals surface area (Å²) in [6.07, 6.45) is 4.86. The van der Waals surface area contributed by atoms with Crippen molar-refractivity contribution in [2.24, 2.45) is 0 Å². The number of aryl methyl sites for hydroxylation is 2. The second-order valence-corrected chi connectivity index (χ2v) is 8.82. The van der Waals surface area contributed by atoms with Gasteiger partial charge >= 0.3 is 5.63 Å². The van der Waals surface area contributed by atoms with Crippen LogP contribution in [0.4, 0.5) is 0 Å². The Bertz CT molecular complexity index is 1290. The molecule has 0 N–H and O–H groups in total. The lowest BCUT2D eigenvalue weighted by atomic mass is 10.0. The van der Waals surface area contributed by atoms with Crippen molar-refractivity contribution in [3.63, 3.8) is 0 Å². The zero-order valence-electron chi connectivity index (χ0n) is 20.0. The molecule has 0 bridgehead atoms. The van der Waals surface area contributed by atoms with Crippen molar-refractivity contribution in [2.75, 3.05) is 6.61 Å². The number of hydrogen-bond donors (Lipinski definition) is 0. The Balaban J connectivity index is 1.18. The molecule has 0 spiro atoms. The number of rotatable bonds is 11. The Morgan fingerprint density at radius 3 is 2.71 bits per heavy atom. The third-order valence-corrected chi connectivity index (χ3v) is 5.65. The first-order chi connectivity index (χ1) is 16.5. The first kappa shape index (κ1) is 23.5. The fraction of sp³-hybridized carbons (Fsp3) is 0.370. The van der Waals surface area contributed by atoms with Crippen molar-refractivity contribution in [1.82, 2.24) is 15.0 Å². The molecule has 0 aliphatic rings. The van der Waals surface area contributed by atoms with Gasteiger partial charge in [-0.25, -0.2) is 4.79 Å². The summed E-state index contributed by atoms with van der Waals surface area (Å²) >= 11 is 0. The Labute approximate surface area is 199 Å². The summed E-state index contributed by atoms with van der Waals surface area (Å²) < 4.78 is 18.9. The lowest BCUT2D eigenvalue weighted by molar-refractivity contribution is 0.296. The largest absolute Gasteiger partial charge is 0.493 e. The average molecular weight is 462 g/mol. The van der Waals surface area contributed by atoms with Gasteiger partial charge in [0.05, 0.1) is 12.8 Å². The van der Waals surface area contributed by atoms with Crippen LogP contribution in [-0.2, 0) is 13.2 Å². The molecule has 2 heterocycles. The lowest BCUT2D eigenvalue weighted by Crippen LogP contribution is -2.02. The molecule has 0 aliphatic heterocycles. The number of aromatic nitrogens is 3. The van der Waals surface area contributed by atoms with Crippen molar-refractivity contribution in [2.45, 2.75) is 59.1 Å². The topological polar surface area (TPSA) is 79.4 Å². The van der Waals surface area contributed by atoms with Crippen LogP contribution in [-0.4, -0.2) is 21.6 Å². The maximum absolute atomic E-state index is 11.4. The van der Waals surface area contributed by atoms with E-state index < -0.39 is 0 Å². The van der Waals surface area contributed by atoms with E-state index in [-0.39, 0.29) is 5.63 Å². The summed E-state index contributed by atoms with van der Waals surface area (Å²) in [7, 11) is 0. The number of fused-ring (bicyclic) bond motifs is 1. The highest BCUT2D eigenvalue weighted by molar-refractivity contribution is 5.77. The van der Waals surface area contributed by atoms with E-state index in [1.807, 2.05) is 23.0 Å². The van der Waals surface area contributed by atoms with E-state index in [1.54, 1.807) is 12.1 Å². The molecule has 0 saturated carbocycles. The predicted octanol–water partition coefficient (Wildman–Crippen LogP) is 5.64. The Kier molecular flexibility index (Phi) is 7.62. The van der Waals surface area contributed by atoms with Crippen LogP contribution in [0.15, 0.2) is 63.9 Å². The Hall–Kier alpha value is -3.61. The van der Waals surface area contributed by atoms with E-state index in [1.165, 1.54) is 17.2 Å². The van der Waals surface area contributed by atoms with Gasteiger partial charge in [0, 0.05) is 24.1 Å². The molecule has 0 radical (unpaired) electrons. The van der Waals surface area contributed by atoms with Gasteiger partial charge in [0.15, 0.2) is 0 Å².